The molecule has 1 aliphatic carbocycles. The average molecular weight is 524 g/mol. The number of phenols is 1. The normalized spacial score (nSPS) is 23.8. The van der Waals surface area contributed by atoms with Crippen LogP contribution in [-0.2, 0) is 13.5 Å². The number of phenolic OH excluding ortho intramolecular Hbond substituents is 1. The maximum atomic E-state index is 11.0. The van der Waals surface area contributed by atoms with E-state index in [1.165, 1.54) is 0 Å². The zero-order valence-corrected chi connectivity index (χ0v) is 23.4. The minimum atomic E-state index is -0.399. The number of aromatic nitrogens is 1. The third kappa shape index (κ3) is 4.20. The Hall–Kier alpha value is -3.70. The van der Waals surface area contributed by atoms with Gasteiger partial charge in [-0.1, -0.05) is 56.3 Å². The summed E-state index contributed by atoms with van der Waals surface area (Å²) in [6, 6.07) is 18.5. The first-order valence-electron chi connectivity index (χ1n) is 13.7. The Balaban J connectivity index is 1.35. The van der Waals surface area contributed by atoms with Crippen molar-refractivity contribution in [3.8, 4) is 28.4 Å². The molecule has 1 aromatic heterocycles. The molecule has 4 aromatic rings. The second-order valence-electron chi connectivity index (χ2n) is 12.0. The predicted octanol–water partition coefficient (Wildman–Crippen LogP) is 7.22. The van der Waals surface area contributed by atoms with E-state index in [1.807, 2.05) is 12.1 Å². The highest BCUT2D eigenvalue weighted by Gasteiger charge is 2.54. The lowest BCUT2D eigenvalue weighted by Crippen LogP contribution is -2.58. The van der Waals surface area contributed by atoms with Gasteiger partial charge in [-0.15, -0.1) is 0 Å². The van der Waals surface area contributed by atoms with Crippen LogP contribution in [0.25, 0.3) is 34.2 Å². The fourth-order valence-electron chi connectivity index (χ4n) is 6.89. The molecule has 1 saturated carbocycles. The molecule has 2 aliphatic rings. The van der Waals surface area contributed by atoms with Gasteiger partial charge < -0.3 is 24.3 Å². The maximum absolute atomic E-state index is 11.0. The van der Waals surface area contributed by atoms with Crippen molar-refractivity contribution < 1.29 is 19.7 Å². The number of aromatic hydroxyl groups is 1. The minimum Gasteiger partial charge on any atom is -0.504 e. The van der Waals surface area contributed by atoms with Gasteiger partial charge in [0.2, 0.25) is 0 Å². The third-order valence-corrected chi connectivity index (χ3v) is 9.18. The summed E-state index contributed by atoms with van der Waals surface area (Å²) in [6.07, 6.45) is 8.11. The number of hydrogen-bond donors (Lipinski definition) is 2. The van der Waals surface area contributed by atoms with Crippen LogP contribution < -0.4 is 9.47 Å². The molecule has 2 heterocycles. The summed E-state index contributed by atoms with van der Waals surface area (Å²) in [7, 11) is 3.77. The lowest BCUT2D eigenvalue weighted by atomic mass is 9.57. The van der Waals surface area contributed by atoms with Gasteiger partial charge in [0, 0.05) is 30.1 Å². The van der Waals surface area contributed by atoms with Crippen LogP contribution in [0.4, 0.5) is 0 Å². The Bertz CT molecular complexity index is 1580. The van der Waals surface area contributed by atoms with E-state index in [9.17, 15) is 10.2 Å². The molecule has 0 amide bonds. The maximum Gasteiger partial charge on any atom is 0.164 e. The molecular weight excluding hydrogens is 486 g/mol. The molecule has 1 fully saturated rings. The van der Waals surface area contributed by atoms with Crippen molar-refractivity contribution in [2.45, 2.75) is 51.7 Å². The highest BCUT2D eigenvalue weighted by molar-refractivity contribution is 6.01. The van der Waals surface area contributed by atoms with Crippen molar-refractivity contribution >= 4 is 23.1 Å². The summed E-state index contributed by atoms with van der Waals surface area (Å²) in [5, 5.41) is 22.8. The summed E-state index contributed by atoms with van der Waals surface area (Å²) in [6.45, 7) is 6.39. The van der Waals surface area contributed by atoms with E-state index in [-0.39, 0.29) is 23.2 Å². The third-order valence-electron chi connectivity index (χ3n) is 9.18. The molecule has 3 aromatic carbocycles. The zero-order valence-electron chi connectivity index (χ0n) is 23.4. The number of aliphatic hydroxyl groups is 1. The molecule has 5 nitrogen and oxygen atoms in total. The molecule has 0 bridgehead atoms. The standard InChI is InChI=1S/C34H37NO4/c1-33(2)29-19-24-15-21(17-27(36)32(24)39-34(29,3)14-13-30(33)37)11-12-22-16-26-31(28(18-22)38-5)25(20-35(26)4)23-9-7-6-8-10-23/h6-12,15-18,20,29-30,36-37H,13-14,19H2,1-5H3/t29-,30-,34-/m1/s1. The SMILES string of the molecule is COc1cc(C=Cc2cc(O)c3c(c2)C[C@@H]2C(C)(C)[C@H](O)CC[C@@]2(C)O3)cc2c1c(-c1ccccc1)cn2C. The molecule has 3 atom stereocenters. The van der Waals surface area contributed by atoms with Gasteiger partial charge in [-0.3, -0.25) is 0 Å². The van der Waals surface area contributed by atoms with Crippen LogP contribution >= 0.6 is 0 Å². The summed E-state index contributed by atoms with van der Waals surface area (Å²) in [5.41, 5.74) is 5.62. The summed E-state index contributed by atoms with van der Waals surface area (Å²) in [5.74, 6) is 1.73. The van der Waals surface area contributed by atoms with Gasteiger partial charge in [0.15, 0.2) is 11.5 Å². The number of rotatable bonds is 4. The van der Waals surface area contributed by atoms with E-state index in [0.29, 0.717) is 12.2 Å². The van der Waals surface area contributed by atoms with E-state index < -0.39 is 5.60 Å². The van der Waals surface area contributed by atoms with Crippen molar-refractivity contribution in [1.82, 2.24) is 4.57 Å². The zero-order chi connectivity index (χ0) is 27.5. The average Bonchev–Trinajstić information content (AvgIpc) is 3.26. The van der Waals surface area contributed by atoms with Gasteiger partial charge in [-0.05, 0) is 78.1 Å². The number of aliphatic hydroxyl groups excluding tert-OH is 1. The van der Waals surface area contributed by atoms with Gasteiger partial charge in [0.1, 0.15) is 11.4 Å². The lowest BCUT2D eigenvalue weighted by molar-refractivity contribution is -0.138. The topological polar surface area (TPSA) is 63.9 Å². The second-order valence-corrected chi connectivity index (χ2v) is 12.0. The van der Waals surface area contributed by atoms with E-state index >= 15 is 0 Å². The second kappa shape index (κ2) is 9.20. The predicted molar refractivity (Wildman–Crippen MR) is 157 cm³/mol. The van der Waals surface area contributed by atoms with Crippen LogP contribution in [0.3, 0.4) is 0 Å². The number of fused-ring (bicyclic) bond motifs is 3. The summed E-state index contributed by atoms with van der Waals surface area (Å²) < 4.78 is 14.5. The smallest absolute Gasteiger partial charge is 0.164 e. The van der Waals surface area contributed by atoms with Crippen LogP contribution in [0.15, 0.2) is 60.8 Å². The van der Waals surface area contributed by atoms with Gasteiger partial charge in [0.05, 0.1) is 18.7 Å². The van der Waals surface area contributed by atoms with Crippen molar-refractivity contribution in [2.75, 3.05) is 7.11 Å². The quantitative estimate of drug-likeness (QED) is 0.277. The van der Waals surface area contributed by atoms with Gasteiger partial charge in [-0.25, -0.2) is 0 Å². The summed E-state index contributed by atoms with van der Waals surface area (Å²) >= 11 is 0. The van der Waals surface area contributed by atoms with E-state index in [4.69, 9.17) is 9.47 Å². The number of hydrogen-bond acceptors (Lipinski definition) is 4. The molecule has 202 valence electrons. The van der Waals surface area contributed by atoms with Crippen molar-refractivity contribution in [3.05, 3.63) is 77.5 Å². The van der Waals surface area contributed by atoms with Crippen molar-refractivity contribution in [3.63, 3.8) is 0 Å². The van der Waals surface area contributed by atoms with Crippen LogP contribution in [0.2, 0.25) is 0 Å². The Kier molecular flexibility index (Phi) is 6.03. The minimum absolute atomic E-state index is 0.155. The molecule has 0 radical (unpaired) electrons. The molecule has 0 saturated heterocycles. The highest BCUT2D eigenvalue weighted by Crippen LogP contribution is 2.54. The van der Waals surface area contributed by atoms with Crippen molar-refractivity contribution in [2.24, 2.45) is 18.4 Å². The first kappa shape index (κ1) is 25.6. The van der Waals surface area contributed by atoms with Crippen LogP contribution in [0.1, 0.15) is 50.3 Å². The Morgan fingerprint density at radius 1 is 1.03 bits per heavy atom. The van der Waals surface area contributed by atoms with Crippen LogP contribution in [-0.4, -0.2) is 33.6 Å². The van der Waals surface area contributed by atoms with Crippen LogP contribution in [0, 0.1) is 11.3 Å². The Morgan fingerprint density at radius 2 is 1.74 bits per heavy atom. The van der Waals surface area contributed by atoms with E-state index in [2.05, 4.69) is 87.1 Å². The number of aryl methyl sites for hydroxylation is 1. The van der Waals surface area contributed by atoms with Gasteiger partial charge in [-0.2, -0.15) is 0 Å². The molecule has 0 unspecified atom stereocenters. The number of methoxy groups -OCH3 is 1. The first-order valence-corrected chi connectivity index (χ1v) is 13.7. The van der Waals surface area contributed by atoms with E-state index in [1.54, 1.807) is 13.2 Å². The van der Waals surface area contributed by atoms with Crippen LogP contribution in [0.5, 0.6) is 17.2 Å². The summed E-state index contributed by atoms with van der Waals surface area (Å²) in [4.78, 5) is 0. The van der Waals surface area contributed by atoms with Crippen molar-refractivity contribution in [1.29, 1.82) is 0 Å². The van der Waals surface area contributed by atoms with E-state index in [0.717, 1.165) is 57.3 Å². The molecule has 6 rings (SSSR count). The molecule has 0 spiro atoms. The number of benzene rings is 3. The molecule has 5 heteroatoms. The lowest BCUT2D eigenvalue weighted by Gasteiger charge is -2.55. The fraction of sp³-hybridized carbons (Fsp3) is 0.353. The number of ether oxygens (including phenoxy) is 2. The molecule has 39 heavy (non-hydrogen) atoms. The molecular formula is C34H37NO4. The van der Waals surface area contributed by atoms with Gasteiger partial charge >= 0.3 is 0 Å². The monoisotopic (exact) mass is 523 g/mol. The first-order chi connectivity index (χ1) is 18.6. The largest absolute Gasteiger partial charge is 0.504 e. The highest BCUT2D eigenvalue weighted by atomic mass is 16.5. The van der Waals surface area contributed by atoms with Gasteiger partial charge in [0.25, 0.3) is 0 Å². The Morgan fingerprint density at radius 3 is 2.46 bits per heavy atom. The fourth-order valence-corrected chi connectivity index (χ4v) is 6.89. The molecule has 2 N–H and O–H groups in total. The molecule has 1 aliphatic heterocycles. The Labute approximate surface area is 230 Å². The number of nitrogens with zero attached hydrogens (tertiary/aromatic N) is 1.